The normalized spacial score (nSPS) is 26.3. The maximum absolute atomic E-state index is 12.9. The zero-order chi connectivity index (χ0) is 11.1. The summed E-state index contributed by atoms with van der Waals surface area (Å²) >= 11 is 3.42. The van der Waals surface area contributed by atoms with Crippen molar-refractivity contribution in [1.82, 2.24) is 0 Å². The Morgan fingerprint density at radius 1 is 1.67 bits per heavy atom. The monoisotopic (exact) mass is 297 g/mol. The predicted molar refractivity (Wildman–Crippen MR) is 55.4 cm³/mol. The van der Waals surface area contributed by atoms with Gasteiger partial charge < -0.3 is 9.94 Å². The highest BCUT2D eigenvalue weighted by Crippen LogP contribution is 2.42. The maximum atomic E-state index is 12.9. The van der Waals surface area contributed by atoms with E-state index in [1.54, 1.807) is 17.5 Å². The minimum atomic E-state index is -3.53. The molecule has 7 heteroatoms. The molecule has 0 spiro atoms. The van der Waals surface area contributed by atoms with E-state index in [4.69, 9.17) is 0 Å². The van der Waals surface area contributed by atoms with E-state index in [0.29, 0.717) is 10.6 Å². The number of oxime groups is 1. The summed E-state index contributed by atoms with van der Waals surface area (Å²) < 4.78 is 25.8. The molecule has 1 N–H and O–H groups in total. The number of rotatable bonds is 2. The second kappa shape index (κ2) is 3.50. The number of nitrogens with zero attached hydrogens (tertiary/aromatic N) is 1. The van der Waals surface area contributed by atoms with Crippen molar-refractivity contribution in [3.63, 3.8) is 0 Å². The van der Waals surface area contributed by atoms with Crippen molar-refractivity contribution in [2.24, 2.45) is 5.16 Å². The first-order valence-corrected chi connectivity index (χ1v) is 5.68. The lowest BCUT2D eigenvalue weighted by atomic mass is 10.1. The van der Waals surface area contributed by atoms with Gasteiger partial charge in [-0.2, -0.15) is 8.78 Å². The smallest absolute Gasteiger partial charge is 0.352 e. The lowest BCUT2D eigenvalue weighted by molar-refractivity contribution is -0.266. The van der Waals surface area contributed by atoms with Crippen LogP contribution in [-0.2, 0) is 4.84 Å². The number of hydrogen-bond acceptors (Lipinski definition) is 4. The average Bonchev–Trinajstić information content (AvgIpc) is 2.70. The van der Waals surface area contributed by atoms with E-state index >= 15 is 0 Å². The van der Waals surface area contributed by atoms with Gasteiger partial charge in [-0.3, -0.25) is 0 Å². The fraction of sp³-hybridized carbons (Fsp3) is 0.375. The van der Waals surface area contributed by atoms with Gasteiger partial charge in [0.15, 0.2) is 0 Å². The number of halogens is 3. The molecule has 1 aliphatic rings. The summed E-state index contributed by atoms with van der Waals surface area (Å²) in [5.41, 5.74) is 0.326. The minimum Gasteiger partial charge on any atom is -0.352 e. The standard InChI is InChI=1S/C8H6BrF2NO2S/c9-8(10,11)7(13)4-5(12-14-7)6-2-1-3-15-6/h1-3,13H,4H2. The molecule has 1 atom stereocenters. The lowest BCUT2D eigenvalue weighted by Gasteiger charge is -2.24. The Labute approximate surface area is 96.5 Å². The fourth-order valence-corrected chi connectivity index (χ4v) is 2.07. The van der Waals surface area contributed by atoms with Gasteiger partial charge in [-0.25, -0.2) is 0 Å². The Morgan fingerprint density at radius 3 is 2.87 bits per heavy atom. The molecule has 0 fully saturated rings. The zero-order valence-corrected chi connectivity index (χ0v) is 9.69. The molecule has 0 saturated heterocycles. The molecule has 1 unspecified atom stereocenters. The maximum Gasteiger partial charge on any atom is 0.367 e. The van der Waals surface area contributed by atoms with E-state index in [-0.39, 0.29) is 6.42 Å². The predicted octanol–water partition coefficient (Wildman–Crippen LogP) is 2.55. The Kier molecular flexibility index (Phi) is 2.56. The second-order valence-corrected chi connectivity index (χ2v) is 5.01. The molecule has 3 nitrogen and oxygen atoms in total. The first-order chi connectivity index (χ1) is 6.92. The minimum absolute atomic E-state index is 0.326. The van der Waals surface area contributed by atoms with E-state index in [1.165, 1.54) is 11.3 Å². The second-order valence-electron chi connectivity index (χ2n) is 3.07. The molecule has 0 aliphatic carbocycles. The van der Waals surface area contributed by atoms with Crippen LogP contribution < -0.4 is 0 Å². The van der Waals surface area contributed by atoms with Crippen LogP contribution in [0.15, 0.2) is 22.7 Å². The van der Waals surface area contributed by atoms with E-state index in [9.17, 15) is 13.9 Å². The van der Waals surface area contributed by atoms with Gasteiger partial charge in [0.25, 0.3) is 0 Å². The van der Waals surface area contributed by atoms with Crippen molar-refractivity contribution in [3.8, 4) is 0 Å². The van der Waals surface area contributed by atoms with Crippen molar-refractivity contribution < 1.29 is 18.7 Å². The Hall–Kier alpha value is -0.530. The molecule has 2 heterocycles. The first kappa shape index (κ1) is 11.0. The summed E-state index contributed by atoms with van der Waals surface area (Å²) in [6, 6.07) is 3.50. The molecule has 0 bridgehead atoms. The average molecular weight is 298 g/mol. The van der Waals surface area contributed by atoms with Gasteiger partial charge in [-0.1, -0.05) is 11.2 Å². The highest BCUT2D eigenvalue weighted by Gasteiger charge is 2.57. The number of hydrogen-bond donors (Lipinski definition) is 1. The molecule has 0 radical (unpaired) electrons. The van der Waals surface area contributed by atoms with Crippen molar-refractivity contribution in [3.05, 3.63) is 22.4 Å². The van der Waals surface area contributed by atoms with E-state index in [2.05, 4.69) is 25.9 Å². The topological polar surface area (TPSA) is 41.8 Å². The fourth-order valence-electron chi connectivity index (χ4n) is 1.15. The summed E-state index contributed by atoms with van der Waals surface area (Å²) in [7, 11) is 0. The molecule has 1 aromatic heterocycles. The van der Waals surface area contributed by atoms with Gasteiger partial charge in [0.2, 0.25) is 0 Å². The number of thiophene rings is 1. The highest BCUT2D eigenvalue weighted by molar-refractivity contribution is 9.10. The third kappa shape index (κ3) is 1.91. The summed E-state index contributed by atoms with van der Waals surface area (Å²) in [6.45, 7) is 0. The molecule has 15 heavy (non-hydrogen) atoms. The molecule has 1 aliphatic heterocycles. The van der Waals surface area contributed by atoms with Gasteiger partial charge >= 0.3 is 10.6 Å². The molecule has 1 aromatic rings. The molecule has 82 valence electrons. The van der Waals surface area contributed by atoms with Crippen LogP contribution in [0.4, 0.5) is 8.78 Å². The van der Waals surface area contributed by atoms with E-state index in [0.717, 1.165) is 0 Å². The van der Waals surface area contributed by atoms with Gasteiger partial charge in [0.1, 0.15) is 5.71 Å². The Bertz CT molecular complexity index is 390. The SMILES string of the molecule is OC1(C(F)(F)Br)CC(c2cccs2)=NO1. The largest absolute Gasteiger partial charge is 0.367 e. The Morgan fingerprint density at radius 2 is 2.40 bits per heavy atom. The zero-order valence-electron chi connectivity index (χ0n) is 7.28. The van der Waals surface area contributed by atoms with Crippen molar-refractivity contribution >= 4 is 33.0 Å². The van der Waals surface area contributed by atoms with E-state index in [1.807, 2.05) is 0 Å². The van der Waals surface area contributed by atoms with Gasteiger partial charge in [-0.05, 0) is 27.4 Å². The van der Waals surface area contributed by atoms with Crippen LogP contribution in [0, 0.1) is 0 Å². The van der Waals surface area contributed by atoms with Crippen LogP contribution in [0.2, 0.25) is 0 Å². The van der Waals surface area contributed by atoms with Gasteiger partial charge in [0.05, 0.1) is 11.3 Å². The van der Waals surface area contributed by atoms with Gasteiger partial charge in [0, 0.05) is 0 Å². The molecule has 0 aromatic carbocycles. The molecule has 0 saturated carbocycles. The summed E-state index contributed by atoms with van der Waals surface area (Å²) in [5, 5.41) is 14.7. The third-order valence-corrected chi connectivity index (χ3v) is 3.50. The van der Waals surface area contributed by atoms with E-state index < -0.39 is 10.6 Å². The molecule has 0 amide bonds. The molecular weight excluding hydrogens is 292 g/mol. The highest BCUT2D eigenvalue weighted by atomic mass is 79.9. The lowest BCUT2D eigenvalue weighted by Crippen LogP contribution is -2.44. The van der Waals surface area contributed by atoms with Crippen LogP contribution in [0.25, 0.3) is 0 Å². The summed E-state index contributed by atoms with van der Waals surface area (Å²) in [6.07, 6.45) is -0.342. The number of alkyl halides is 3. The summed E-state index contributed by atoms with van der Waals surface area (Å²) in [4.78, 5) is 1.58. The molecule has 2 rings (SSSR count). The summed E-state index contributed by atoms with van der Waals surface area (Å²) in [5.74, 6) is -2.59. The van der Waals surface area contributed by atoms with Crippen LogP contribution in [-0.4, -0.2) is 21.4 Å². The van der Waals surface area contributed by atoms with Crippen molar-refractivity contribution in [2.75, 3.05) is 0 Å². The van der Waals surface area contributed by atoms with Gasteiger partial charge in [-0.15, -0.1) is 11.3 Å². The van der Waals surface area contributed by atoms with Crippen LogP contribution >= 0.6 is 27.3 Å². The number of aliphatic hydroxyl groups is 1. The van der Waals surface area contributed by atoms with Crippen LogP contribution in [0.3, 0.4) is 0 Å². The van der Waals surface area contributed by atoms with Crippen molar-refractivity contribution in [1.29, 1.82) is 0 Å². The Balaban J connectivity index is 2.18. The quantitative estimate of drug-likeness (QED) is 0.853. The van der Waals surface area contributed by atoms with Crippen LogP contribution in [0.1, 0.15) is 11.3 Å². The first-order valence-electron chi connectivity index (χ1n) is 4.00. The third-order valence-electron chi connectivity index (χ3n) is 1.96. The van der Waals surface area contributed by atoms with Crippen molar-refractivity contribution in [2.45, 2.75) is 17.0 Å². The van der Waals surface area contributed by atoms with Crippen LogP contribution in [0.5, 0.6) is 0 Å². The molecular formula is C8H6BrF2NO2S.